The largest absolute Gasteiger partial charge is 0.186 e. The Morgan fingerprint density at radius 1 is 1.00 bits per heavy atom. The Balaban J connectivity index is 2.29. The molecule has 1 aliphatic heterocycles. The first-order valence-electron chi connectivity index (χ1n) is 4.56. The first kappa shape index (κ1) is 8.33. The lowest BCUT2D eigenvalue weighted by Crippen LogP contribution is -2.38. The summed E-state index contributed by atoms with van der Waals surface area (Å²) in [5, 5.41) is 1.43. The highest BCUT2D eigenvalue weighted by Crippen LogP contribution is 2.32. The third-order valence-electron chi connectivity index (χ3n) is 2.69. The second-order valence-corrected chi connectivity index (χ2v) is 9.22. The smallest absolute Gasteiger partial charge is 0.161 e. The van der Waals surface area contributed by atoms with Crippen LogP contribution >= 0.6 is 11.1 Å². The monoisotopic (exact) mass is 196 g/mol. The molecule has 0 spiro atoms. The van der Waals surface area contributed by atoms with Crippen LogP contribution in [0.4, 0.5) is 0 Å². The molecule has 1 aliphatic rings. The summed E-state index contributed by atoms with van der Waals surface area (Å²) in [5.41, 5.74) is 0. The van der Waals surface area contributed by atoms with Gasteiger partial charge in [0.1, 0.15) is 0 Å². The molecule has 0 aromatic heterocycles. The van der Waals surface area contributed by atoms with Gasteiger partial charge in [-0.25, -0.2) is 0 Å². The van der Waals surface area contributed by atoms with E-state index in [1.807, 2.05) is 0 Å². The van der Waals surface area contributed by atoms with Crippen molar-refractivity contribution in [2.75, 3.05) is 0 Å². The number of rotatable bonds is 1. The molecule has 0 nitrogen and oxygen atoms in total. The van der Waals surface area contributed by atoms with E-state index >= 15 is 0 Å². The SMILES string of the molecule is Cl[Si]1(c2ccccc2)CCCC1. The highest BCUT2D eigenvalue weighted by Gasteiger charge is 2.36. The van der Waals surface area contributed by atoms with Crippen LogP contribution in [0.2, 0.25) is 12.1 Å². The molecule has 1 aromatic rings. The summed E-state index contributed by atoms with van der Waals surface area (Å²) >= 11 is 6.63. The summed E-state index contributed by atoms with van der Waals surface area (Å²) in [6, 6.07) is 13.2. The summed E-state index contributed by atoms with van der Waals surface area (Å²) in [6.07, 6.45) is 2.68. The highest BCUT2D eigenvalue weighted by atomic mass is 35.6. The summed E-state index contributed by atoms with van der Waals surface area (Å²) in [6.45, 7) is 0. The van der Waals surface area contributed by atoms with Gasteiger partial charge < -0.3 is 0 Å². The zero-order valence-corrected chi connectivity index (χ0v) is 8.85. The number of hydrogen-bond acceptors (Lipinski definition) is 0. The molecule has 1 saturated heterocycles. The first-order chi connectivity index (χ1) is 5.81. The molecule has 1 aromatic carbocycles. The Kier molecular flexibility index (Phi) is 2.24. The predicted molar refractivity (Wildman–Crippen MR) is 56.5 cm³/mol. The molecule has 1 heterocycles. The number of hydrogen-bond donors (Lipinski definition) is 0. The van der Waals surface area contributed by atoms with Gasteiger partial charge in [-0.3, -0.25) is 0 Å². The van der Waals surface area contributed by atoms with Crippen molar-refractivity contribution in [3.05, 3.63) is 30.3 Å². The molecule has 0 N–H and O–H groups in total. The zero-order chi connectivity index (χ0) is 8.44. The van der Waals surface area contributed by atoms with Crippen molar-refractivity contribution >= 4 is 23.6 Å². The Bertz CT molecular complexity index is 252. The fourth-order valence-corrected chi connectivity index (χ4v) is 6.38. The van der Waals surface area contributed by atoms with Crippen molar-refractivity contribution in [1.29, 1.82) is 0 Å². The quantitative estimate of drug-likeness (QED) is 0.479. The van der Waals surface area contributed by atoms with Gasteiger partial charge in [0.05, 0.1) is 0 Å². The van der Waals surface area contributed by atoms with Crippen molar-refractivity contribution in [1.82, 2.24) is 0 Å². The average Bonchev–Trinajstić information content (AvgIpc) is 2.55. The molecule has 1 fully saturated rings. The van der Waals surface area contributed by atoms with E-state index in [2.05, 4.69) is 30.3 Å². The molecular weight excluding hydrogens is 184 g/mol. The minimum absolute atomic E-state index is 1.28. The van der Waals surface area contributed by atoms with Crippen LogP contribution < -0.4 is 5.19 Å². The molecule has 0 amide bonds. The van der Waals surface area contributed by atoms with Gasteiger partial charge in [-0.2, -0.15) is 11.1 Å². The third kappa shape index (κ3) is 1.43. The van der Waals surface area contributed by atoms with Crippen LogP contribution in [0, 0.1) is 0 Å². The second-order valence-electron chi connectivity index (χ2n) is 3.54. The minimum Gasteiger partial charge on any atom is -0.161 e. The summed E-state index contributed by atoms with van der Waals surface area (Å²) < 4.78 is 0. The van der Waals surface area contributed by atoms with Crippen LogP contribution in [0.15, 0.2) is 30.3 Å². The van der Waals surface area contributed by atoms with Gasteiger partial charge in [0.2, 0.25) is 0 Å². The van der Waals surface area contributed by atoms with Crippen LogP contribution in [0.5, 0.6) is 0 Å². The Hall–Kier alpha value is -0.273. The standard InChI is InChI=1S/C10H13ClSi/c11-12(8-4-5-9-12)10-6-2-1-3-7-10/h1-3,6-7H,4-5,8-9H2. The highest BCUT2D eigenvalue weighted by molar-refractivity contribution is 7.27. The lowest BCUT2D eigenvalue weighted by Gasteiger charge is -2.17. The van der Waals surface area contributed by atoms with Crippen molar-refractivity contribution in [2.24, 2.45) is 0 Å². The summed E-state index contributed by atoms with van der Waals surface area (Å²) in [4.78, 5) is 0. The molecule has 0 unspecified atom stereocenters. The van der Waals surface area contributed by atoms with E-state index in [-0.39, 0.29) is 0 Å². The molecule has 64 valence electrons. The zero-order valence-electron chi connectivity index (χ0n) is 7.09. The molecule has 2 heteroatoms. The predicted octanol–water partition coefficient (Wildman–Crippen LogP) is 2.87. The average molecular weight is 197 g/mol. The summed E-state index contributed by atoms with van der Waals surface area (Å²) in [7, 11) is -1.49. The van der Waals surface area contributed by atoms with Crippen LogP contribution in [0.25, 0.3) is 0 Å². The van der Waals surface area contributed by atoms with Gasteiger partial charge >= 0.3 is 0 Å². The molecule has 2 rings (SSSR count). The first-order valence-corrected chi connectivity index (χ1v) is 7.98. The van der Waals surface area contributed by atoms with Crippen LogP contribution in [0.3, 0.4) is 0 Å². The number of benzene rings is 1. The maximum Gasteiger partial charge on any atom is 0.186 e. The molecule has 0 aliphatic carbocycles. The van der Waals surface area contributed by atoms with E-state index in [1.165, 1.54) is 30.1 Å². The fourth-order valence-electron chi connectivity index (χ4n) is 1.96. The molecule has 0 saturated carbocycles. The second kappa shape index (κ2) is 3.23. The van der Waals surface area contributed by atoms with Gasteiger partial charge in [0.25, 0.3) is 0 Å². The molecule has 0 bridgehead atoms. The van der Waals surface area contributed by atoms with Crippen LogP contribution in [0.1, 0.15) is 12.8 Å². The van der Waals surface area contributed by atoms with E-state index in [4.69, 9.17) is 11.1 Å². The van der Waals surface area contributed by atoms with Crippen molar-refractivity contribution in [3.8, 4) is 0 Å². The van der Waals surface area contributed by atoms with Gasteiger partial charge in [-0.15, -0.1) is 0 Å². The lowest BCUT2D eigenvalue weighted by atomic mass is 10.4. The van der Waals surface area contributed by atoms with E-state index in [9.17, 15) is 0 Å². The lowest BCUT2D eigenvalue weighted by molar-refractivity contribution is 0.935. The summed E-state index contributed by atoms with van der Waals surface area (Å²) in [5.74, 6) is 0. The maximum atomic E-state index is 6.63. The normalized spacial score (nSPS) is 21.1. The van der Waals surface area contributed by atoms with Gasteiger partial charge in [0, 0.05) is 0 Å². The molecular formula is C10H13ClSi. The van der Waals surface area contributed by atoms with Gasteiger partial charge in [-0.1, -0.05) is 43.2 Å². The van der Waals surface area contributed by atoms with E-state index in [1.54, 1.807) is 0 Å². The Morgan fingerprint density at radius 3 is 2.17 bits per heavy atom. The van der Waals surface area contributed by atoms with Crippen LogP contribution in [-0.2, 0) is 0 Å². The fraction of sp³-hybridized carbons (Fsp3) is 0.400. The van der Waals surface area contributed by atoms with Crippen molar-refractivity contribution in [3.63, 3.8) is 0 Å². The topological polar surface area (TPSA) is 0 Å². The van der Waals surface area contributed by atoms with E-state index in [0.717, 1.165) is 0 Å². The van der Waals surface area contributed by atoms with Gasteiger partial charge in [0.15, 0.2) is 7.38 Å². The molecule has 0 atom stereocenters. The minimum atomic E-state index is -1.49. The Morgan fingerprint density at radius 2 is 1.58 bits per heavy atom. The molecule has 12 heavy (non-hydrogen) atoms. The van der Waals surface area contributed by atoms with E-state index < -0.39 is 7.38 Å². The Labute approximate surface area is 79.3 Å². The molecule has 0 radical (unpaired) electrons. The van der Waals surface area contributed by atoms with Gasteiger partial charge in [-0.05, 0) is 17.3 Å². The maximum absolute atomic E-state index is 6.63. The number of halogens is 1. The van der Waals surface area contributed by atoms with Crippen molar-refractivity contribution < 1.29 is 0 Å². The third-order valence-corrected chi connectivity index (χ3v) is 8.14. The van der Waals surface area contributed by atoms with E-state index in [0.29, 0.717) is 0 Å². The van der Waals surface area contributed by atoms with Crippen molar-refractivity contribution in [2.45, 2.75) is 24.9 Å². The van der Waals surface area contributed by atoms with Crippen LogP contribution in [-0.4, -0.2) is 7.38 Å².